The number of aromatic amines is 1. The number of ether oxygens (including phenoxy) is 1. The maximum atomic E-state index is 12.3. The van der Waals surface area contributed by atoms with Crippen molar-refractivity contribution in [3.8, 4) is 0 Å². The molecule has 11 nitrogen and oxygen atoms in total. The third-order valence-electron chi connectivity index (χ3n) is 5.02. The zero-order chi connectivity index (χ0) is 21.8. The topological polar surface area (TPSA) is 151 Å². The second-order valence-electron chi connectivity index (χ2n) is 7.06. The SMILES string of the molecule is CCc1nccn1CCC(=O)N[C@@H]1CO[C@H](Cn2cc(Cl)c(=O)[nH]c2=O)[C@@H](O)[C@H]1O. The van der Waals surface area contributed by atoms with Crippen LogP contribution in [0.15, 0.2) is 28.2 Å². The van der Waals surface area contributed by atoms with Crippen LogP contribution in [0.1, 0.15) is 19.2 Å². The quantitative estimate of drug-likeness (QED) is 0.414. The lowest BCUT2D eigenvalue weighted by Crippen LogP contribution is -2.60. The largest absolute Gasteiger partial charge is 0.388 e. The zero-order valence-corrected chi connectivity index (χ0v) is 17.1. The van der Waals surface area contributed by atoms with Gasteiger partial charge in [0.2, 0.25) is 5.91 Å². The summed E-state index contributed by atoms with van der Waals surface area (Å²) >= 11 is 5.73. The number of nitrogens with one attached hydrogen (secondary N) is 2. The summed E-state index contributed by atoms with van der Waals surface area (Å²) in [7, 11) is 0. The first kappa shape index (κ1) is 22.2. The molecule has 4 N–H and O–H groups in total. The number of H-pyrrole nitrogens is 1. The summed E-state index contributed by atoms with van der Waals surface area (Å²) in [5.41, 5.74) is -1.43. The predicted molar refractivity (Wildman–Crippen MR) is 106 cm³/mol. The molecule has 0 unspecified atom stereocenters. The number of carbonyl (C=O) groups is 1. The minimum Gasteiger partial charge on any atom is -0.388 e. The van der Waals surface area contributed by atoms with Gasteiger partial charge in [0, 0.05) is 38.0 Å². The summed E-state index contributed by atoms with van der Waals surface area (Å²) in [6.45, 7) is 2.24. The van der Waals surface area contributed by atoms with Crippen molar-refractivity contribution in [2.45, 2.75) is 57.2 Å². The number of rotatable bonds is 7. The van der Waals surface area contributed by atoms with Crippen LogP contribution in [0, 0.1) is 0 Å². The number of carbonyl (C=O) groups excluding carboxylic acids is 1. The van der Waals surface area contributed by atoms with E-state index in [0.717, 1.165) is 23.0 Å². The molecular weight excluding hydrogens is 418 g/mol. The van der Waals surface area contributed by atoms with E-state index in [1.165, 1.54) is 0 Å². The molecule has 1 amide bonds. The van der Waals surface area contributed by atoms with Gasteiger partial charge in [-0.1, -0.05) is 18.5 Å². The maximum Gasteiger partial charge on any atom is 0.328 e. The minimum absolute atomic E-state index is 0.0498. The molecule has 0 aromatic carbocycles. The summed E-state index contributed by atoms with van der Waals surface area (Å²) in [5.74, 6) is 0.576. The summed E-state index contributed by atoms with van der Waals surface area (Å²) in [6.07, 6.45) is 1.96. The average molecular weight is 442 g/mol. The Balaban J connectivity index is 1.55. The fraction of sp³-hybridized carbons (Fsp3) is 0.556. The van der Waals surface area contributed by atoms with E-state index >= 15 is 0 Å². The molecule has 2 aromatic heterocycles. The van der Waals surface area contributed by atoms with Crippen LogP contribution in [0.2, 0.25) is 5.02 Å². The number of aromatic nitrogens is 4. The summed E-state index contributed by atoms with van der Waals surface area (Å²) < 4.78 is 8.52. The normalized spacial score (nSPS) is 24.0. The Morgan fingerprint density at radius 3 is 2.87 bits per heavy atom. The van der Waals surface area contributed by atoms with Gasteiger partial charge in [0.05, 0.1) is 19.2 Å². The van der Waals surface area contributed by atoms with Crippen LogP contribution >= 0.6 is 11.6 Å². The van der Waals surface area contributed by atoms with Crippen LogP contribution in [0.5, 0.6) is 0 Å². The smallest absolute Gasteiger partial charge is 0.328 e. The van der Waals surface area contributed by atoms with Gasteiger partial charge < -0.3 is 24.8 Å². The average Bonchev–Trinajstić information content (AvgIpc) is 3.17. The van der Waals surface area contributed by atoms with E-state index in [1.807, 2.05) is 16.5 Å². The molecule has 0 saturated carbocycles. The molecule has 164 valence electrons. The van der Waals surface area contributed by atoms with Gasteiger partial charge in [0.15, 0.2) is 0 Å². The van der Waals surface area contributed by atoms with E-state index in [1.54, 1.807) is 12.4 Å². The predicted octanol–water partition coefficient (Wildman–Crippen LogP) is -1.36. The van der Waals surface area contributed by atoms with Crippen LogP contribution in [-0.4, -0.2) is 66.2 Å². The number of halogens is 1. The van der Waals surface area contributed by atoms with Crippen LogP contribution in [0.25, 0.3) is 0 Å². The molecule has 3 rings (SSSR count). The molecule has 3 heterocycles. The van der Waals surface area contributed by atoms with Gasteiger partial charge in [-0.2, -0.15) is 0 Å². The van der Waals surface area contributed by atoms with Crippen molar-refractivity contribution >= 4 is 17.5 Å². The highest BCUT2D eigenvalue weighted by molar-refractivity contribution is 6.30. The Morgan fingerprint density at radius 1 is 1.37 bits per heavy atom. The number of hydrogen-bond acceptors (Lipinski definition) is 7. The zero-order valence-electron chi connectivity index (χ0n) is 16.3. The number of imidazole rings is 1. The summed E-state index contributed by atoms with van der Waals surface area (Å²) in [6, 6.07) is -0.798. The molecule has 1 aliphatic rings. The molecule has 0 bridgehead atoms. The molecule has 4 atom stereocenters. The second kappa shape index (κ2) is 9.56. The van der Waals surface area contributed by atoms with E-state index in [0.29, 0.717) is 6.54 Å². The standard InChI is InChI=1S/C18H24ClN5O6/c1-2-13-20-4-6-23(13)5-3-14(25)21-11-9-30-12(16(27)15(11)26)8-24-7-10(19)17(28)22-18(24)29/h4,6-7,11-12,15-16,26-27H,2-3,5,8-9H2,1H3,(H,21,25)(H,22,28,29)/t11-,12-,15+,16-/m1/s1. The molecule has 0 radical (unpaired) electrons. The van der Waals surface area contributed by atoms with Crippen LogP contribution in [0.3, 0.4) is 0 Å². The third-order valence-corrected chi connectivity index (χ3v) is 5.29. The van der Waals surface area contributed by atoms with Crippen molar-refractivity contribution in [2.75, 3.05) is 6.61 Å². The first-order valence-corrected chi connectivity index (χ1v) is 9.94. The Bertz CT molecular complexity index is 1000. The maximum absolute atomic E-state index is 12.3. The number of amides is 1. The van der Waals surface area contributed by atoms with E-state index in [2.05, 4.69) is 10.3 Å². The third kappa shape index (κ3) is 4.98. The molecule has 0 spiro atoms. The van der Waals surface area contributed by atoms with E-state index < -0.39 is 35.6 Å². The van der Waals surface area contributed by atoms with Crippen LogP contribution in [0.4, 0.5) is 0 Å². The summed E-state index contributed by atoms with van der Waals surface area (Å²) in [4.78, 5) is 41.7. The molecule has 0 aliphatic carbocycles. The van der Waals surface area contributed by atoms with Crippen LogP contribution in [-0.2, 0) is 29.0 Å². The molecule has 1 fully saturated rings. The van der Waals surface area contributed by atoms with Gasteiger partial charge in [-0.3, -0.25) is 19.1 Å². The number of aliphatic hydroxyl groups excluding tert-OH is 2. The first-order valence-electron chi connectivity index (χ1n) is 9.56. The highest BCUT2D eigenvalue weighted by Crippen LogP contribution is 2.17. The fourth-order valence-corrected chi connectivity index (χ4v) is 3.51. The molecule has 1 aliphatic heterocycles. The number of aliphatic hydroxyl groups is 2. The molecular formula is C18H24ClN5O6. The van der Waals surface area contributed by atoms with Crippen molar-refractivity contribution in [3.05, 3.63) is 50.3 Å². The van der Waals surface area contributed by atoms with Gasteiger partial charge in [-0.25, -0.2) is 9.78 Å². The van der Waals surface area contributed by atoms with Crippen molar-refractivity contribution in [1.82, 2.24) is 24.4 Å². The second-order valence-corrected chi connectivity index (χ2v) is 7.46. The molecule has 2 aromatic rings. The highest BCUT2D eigenvalue weighted by atomic mass is 35.5. The number of hydrogen-bond donors (Lipinski definition) is 4. The van der Waals surface area contributed by atoms with E-state index in [9.17, 15) is 24.6 Å². The Morgan fingerprint density at radius 2 is 2.13 bits per heavy atom. The lowest BCUT2D eigenvalue weighted by Gasteiger charge is -2.38. The fourth-order valence-electron chi connectivity index (χ4n) is 3.34. The van der Waals surface area contributed by atoms with Crippen molar-refractivity contribution in [2.24, 2.45) is 0 Å². The van der Waals surface area contributed by atoms with Gasteiger partial charge >= 0.3 is 5.69 Å². The van der Waals surface area contributed by atoms with Crippen molar-refractivity contribution in [3.63, 3.8) is 0 Å². The monoisotopic (exact) mass is 441 g/mol. The number of nitrogens with zero attached hydrogens (tertiary/aromatic N) is 3. The Kier molecular flexibility index (Phi) is 7.08. The summed E-state index contributed by atoms with van der Waals surface area (Å²) in [5, 5.41) is 23.3. The minimum atomic E-state index is -1.36. The highest BCUT2D eigenvalue weighted by Gasteiger charge is 2.39. The Labute approximate surface area is 176 Å². The molecule has 12 heteroatoms. The Hall–Kier alpha value is -2.47. The lowest BCUT2D eigenvalue weighted by atomic mass is 9.97. The van der Waals surface area contributed by atoms with Gasteiger partial charge in [0.25, 0.3) is 5.56 Å². The molecule has 30 heavy (non-hydrogen) atoms. The van der Waals surface area contributed by atoms with E-state index in [4.69, 9.17) is 16.3 Å². The first-order chi connectivity index (χ1) is 14.3. The van der Waals surface area contributed by atoms with Crippen molar-refractivity contribution in [1.29, 1.82) is 0 Å². The van der Waals surface area contributed by atoms with Crippen LogP contribution < -0.4 is 16.6 Å². The number of aryl methyl sites for hydroxylation is 2. The van der Waals surface area contributed by atoms with Gasteiger partial charge in [-0.05, 0) is 0 Å². The van der Waals surface area contributed by atoms with Gasteiger partial charge in [0.1, 0.15) is 29.2 Å². The van der Waals surface area contributed by atoms with Crippen molar-refractivity contribution < 1.29 is 19.7 Å². The lowest BCUT2D eigenvalue weighted by molar-refractivity contribution is -0.158. The van der Waals surface area contributed by atoms with Gasteiger partial charge in [-0.15, -0.1) is 0 Å². The van der Waals surface area contributed by atoms with E-state index in [-0.39, 0.29) is 30.5 Å². The molecule has 1 saturated heterocycles.